The van der Waals surface area contributed by atoms with Gasteiger partial charge in [-0.25, -0.2) is 14.8 Å². The van der Waals surface area contributed by atoms with Gasteiger partial charge < -0.3 is 20.1 Å². The van der Waals surface area contributed by atoms with Crippen molar-refractivity contribution in [1.29, 1.82) is 0 Å². The molecule has 0 aliphatic rings. The zero-order chi connectivity index (χ0) is 19.2. The van der Waals surface area contributed by atoms with E-state index in [1.54, 1.807) is 24.3 Å². The fraction of sp³-hybridized carbons (Fsp3) is 0.222. The van der Waals surface area contributed by atoms with Crippen LogP contribution in [0.3, 0.4) is 0 Å². The highest BCUT2D eigenvalue weighted by Gasteiger charge is 2.12. The number of carboxylic acid groups (broad SMARTS) is 1. The summed E-state index contributed by atoms with van der Waals surface area (Å²) in [7, 11) is 0. The van der Waals surface area contributed by atoms with E-state index in [1.807, 2.05) is 0 Å². The molecule has 0 atom stereocenters. The lowest BCUT2D eigenvalue weighted by Crippen LogP contribution is -2.23. The van der Waals surface area contributed by atoms with Crippen molar-refractivity contribution in [2.75, 3.05) is 5.33 Å². The molecule has 8 nitrogen and oxygen atoms in total. The van der Waals surface area contributed by atoms with Crippen LogP contribution in [-0.4, -0.2) is 37.3 Å². The number of hydrogen-bond donors (Lipinski definition) is 3. The minimum absolute atomic E-state index is 0.0466. The standard InChI is InChI=1S/C18H17BrN4O4/c19-5-1-2-16(24)21-8-11-6-17(23-10-22-11)27-12-3-4-15-13(7-12)14(9-20-15)18(25)26/h3-4,6-7,9-10,20H,1-2,5,8H2,(H,21,24)(H,25,26). The van der Waals surface area contributed by atoms with Crippen molar-refractivity contribution in [2.45, 2.75) is 19.4 Å². The van der Waals surface area contributed by atoms with Crippen LogP contribution in [0.2, 0.25) is 0 Å². The fourth-order valence-electron chi connectivity index (χ4n) is 2.50. The van der Waals surface area contributed by atoms with Crippen LogP contribution in [0.15, 0.2) is 36.8 Å². The number of aromatic carboxylic acids is 1. The van der Waals surface area contributed by atoms with Gasteiger partial charge in [-0.3, -0.25) is 4.79 Å². The van der Waals surface area contributed by atoms with Gasteiger partial charge in [0.05, 0.1) is 17.8 Å². The number of nitrogens with zero attached hydrogens (tertiary/aromatic N) is 2. The van der Waals surface area contributed by atoms with Crippen LogP contribution in [0, 0.1) is 0 Å². The zero-order valence-corrected chi connectivity index (χ0v) is 15.8. The van der Waals surface area contributed by atoms with Crippen molar-refractivity contribution >= 4 is 38.7 Å². The van der Waals surface area contributed by atoms with Crippen molar-refractivity contribution in [3.05, 3.63) is 48.0 Å². The highest BCUT2D eigenvalue weighted by atomic mass is 79.9. The summed E-state index contributed by atoms with van der Waals surface area (Å²) in [6.07, 6.45) is 4.01. The van der Waals surface area contributed by atoms with Crippen LogP contribution in [-0.2, 0) is 11.3 Å². The van der Waals surface area contributed by atoms with Crippen molar-refractivity contribution in [2.24, 2.45) is 0 Å². The Hall–Kier alpha value is -2.94. The topological polar surface area (TPSA) is 117 Å². The first kappa shape index (κ1) is 18.8. The van der Waals surface area contributed by atoms with Gasteiger partial charge in [-0.1, -0.05) is 15.9 Å². The largest absolute Gasteiger partial charge is 0.478 e. The van der Waals surface area contributed by atoms with E-state index >= 15 is 0 Å². The summed E-state index contributed by atoms with van der Waals surface area (Å²) >= 11 is 3.29. The molecule has 0 fully saturated rings. The lowest BCUT2D eigenvalue weighted by molar-refractivity contribution is -0.121. The first-order chi connectivity index (χ1) is 13.1. The summed E-state index contributed by atoms with van der Waals surface area (Å²) in [5, 5.41) is 13.3. The van der Waals surface area contributed by atoms with Crippen LogP contribution in [0.25, 0.3) is 10.9 Å². The lowest BCUT2D eigenvalue weighted by Gasteiger charge is -2.07. The van der Waals surface area contributed by atoms with Crippen molar-refractivity contribution in [1.82, 2.24) is 20.3 Å². The van der Waals surface area contributed by atoms with Gasteiger partial charge in [0, 0.05) is 34.9 Å². The molecule has 0 aliphatic heterocycles. The van der Waals surface area contributed by atoms with Crippen LogP contribution < -0.4 is 10.1 Å². The smallest absolute Gasteiger partial charge is 0.337 e. The first-order valence-corrected chi connectivity index (χ1v) is 9.35. The maximum atomic E-state index is 11.7. The van der Waals surface area contributed by atoms with Gasteiger partial charge in [-0.05, 0) is 24.6 Å². The van der Waals surface area contributed by atoms with Crippen molar-refractivity contribution < 1.29 is 19.4 Å². The maximum absolute atomic E-state index is 11.7. The molecular formula is C18H17BrN4O4. The molecule has 0 radical (unpaired) electrons. The summed E-state index contributed by atoms with van der Waals surface area (Å²) in [4.78, 5) is 34.0. The number of rotatable bonds is 8. The lowest BCUT2D eigenvalue weighted by atomic mass is 10.1. The molecule has 0 saturated carbocycles. The second kappa shape index (κ2) is 8.63. The Morgan fingerprint density at radius 3 is 2.89 bits per heavy atom. The summed E-state index contributed by atoms with van der Waals surface area (Å²) in [5.41, 5.74) is 1.49. The summed E-state index contributed by atoms with van der Waals surface area (Å²) < 4.78 is 5.73. The Morgan fingerprint density at radius 1 is 1.26 bits per heavy atom. The highest BCUT2D eigenvalue weighted by molar-refractivity contribution is 9.09. The number of ether oxygens (including phenoxy) is 1. The number of aromatic nitrogens is 3. The number of alkyl halides is 1. The molecule has 0 spiro atoms. The second-order valence-corrected chi connectivity index (χ2v) is 6.53. The van der Waals surface area contributed by atoms with E-state index in [2.05, 4.69) is 36.2 Å². The fourth-order valence-corrected chi connectivity index (χ4v) is 2.78. The van der Waals surface area contributed by atoms with E-state index in [0.29, 0.717) is 34.6 Å². The molecule has 0 bridgehead atoms. The Kier molecular flexibility index (Phi) is 6.02. The molecule has 0 unspecified atom stereocenters. The molecule has 0 aliphatic carbocycles. The van der Waals surface area contributed by atoms with Crippen LogP contribution in [0.1, 0.15) is 28.9 Å². The number of hydrogen-bond acceptors (Lipinski definition) is 5. The Labute approximate surface area is 163 Å². The van der Waals surface area contributed by atoms with Crippen molar-refractivity contribution in [3.63, 3.8) is 0 Å². The molecule has 3 rings (SSSR count). The number of H-pyrrole nitrogens is 1. The summed E-state index contributed by atoms with van der Waals surface area (Å²) in [6, 6.07) is 6.72. The molecule has 2 heterocycles. The molecule has 3 N–H and O–H groups in total. The predicted octanol–water partition coefficient (Wildman–Crippen LogP) is 3.24. The molecule has 1 amide bonds. The van der Waals surface area contributed by atoms with Gasteiger partial charge in [0.15, 0.2) is 0 Å². The van der Waals surface area contributed by atoms with E-state index in [1.165, 1.54) is 12.5 Å². The number of benzene rings is 1. The van der Waals surface area contributed by atoms with Crippen LogP contribution in [0.5, 0.6) is 11.6 Å². The highest BCUT2D eigenvalue weighted by Crippen LogP contribution is 2.26. The van der Waals surface area contributed by atoms with Gasteiger partial charge in [-0.2, -0.15) is 0 Å². The predicted molar refractivity (Wildman–Crippen MR) is 102 cm³/mol. The second-order valence-electron chi connectivity index (χ2n) is 5.73. The third-order valence-electron chi connectivity index (χ3n) is 3.81. The molecule has 0 saturated heterocycles. The minimum Gasteiger partial charge on any atom is -0.478 e. The third kappa shape index (κ3) is 4.82. The number of carbonyl (C=O) groups excluding carboxylic acids is 1. The molecule has 2 aromatic heterocycles. The molecule has 1 aromatic carbocycles. The maximum Gasteiger partial charge on any atom is 0.337 e. The molecule has 3 aromatic rings. The number of amides is 1. The number of fused-ring (bicyclic) bond motifs is 1. The van der Waals surface area contributed by atoms with Gasteiger partial charge in [0.2, 0.25) is 11.8 Å². The summed E-state index contributed by atoms with van der Waals surface area (Å²) in [6.45, 7) is 0.278. The van der Waals surface area contributed by atoms with Crippen LogP contribution in [0.4, 0.5) is 0 Å². The number of aromatic amines is 1. The number of nitrogens with one attached hydrogen (secondary N) is 2. The number of carbonyl (C=O) groups is 2. The minimum atomic E-state index is -1.02. The Bertz CT molecular complexity index is 973. The first-order valence-electron chi connectivity index (χ1n) is 8.22. The zero-order valence-electron chi connectivity index (χ0n) is 14.2. The van der Waals surface area contributed by atoms with E-state index in [9.17, 15) is 14.7 Å². The number of halogens is 1. The third-order valence-corrected chi connectivity index (χ3v) is 4.37. The molecule has 140 valence electrons. The molecular weight excluding hydrogens is 416 g/mol. The Morgan fingerprint density at radius 2 is 2.11 bits per heavy atom. The SMILES string of the molecule is O=C(CCCBr)NCc1cc(Oc2ccc3[nH]cc(C(=O)O)c3c2)ncn1. The molecule has 9 heteroatoms. The average molecular weight is 433 g/mol. The molecule has 27 heavy (non-hydrogen) atoms. The van der Waals surface area contributed by atoms with Gasteiger partial charge in [-0.15, -0.1) is 0 Å². The van der Waals surface area contributed by atoms with Gasteiger partial charge in [0.25, 0.3) is 0 Å². The summed E-state index contributed by atoms with van der Waals surface area (Å²) in [5.74, 6) is -0.301. The van der Waals surface area contributed by atoms with Gasteiger partial charge in [0.1, 0.15) is 12.1 Å². The van der Waals surface area contributed by atoms with E-state index in [-0.39, 0.29) is 18.0 Å². The van der Waals surface area contributed by atoms with E-state index in [0.717, 1.165) is 11.8 Å². The normalized spacial score (nSPS) is 10.7. The quantitative estimate of drug-likeness (QED) is 0.470. The van der Waals surface area contributed by atoms with Crippen molar-refractivity contribution in [3.8, 4) is 11.6 Å². The monoisotopic (exact) mass is 432 g/mol. The van der Waals surface area contributed by atoms with E-state index < -0.39 is 5.97 Å². The van der Waals surface area contributed by atoms with Gasteiger partial charge >= 0.3 is 5.97 Å². The average Bonchev–Trinajstić information content (AvgIpc) is 3.08. The Balaban J connectivity index is 1.70. The van der Waals surface area contributed by atoms with E-state index in [4.69, 9.17) is 4.74 Å². The van der Waals surface area contributed by atoms with Crippen LogP contribution >= 0.6 is 15.9 Å². The number of carboxylic acids is 1.